The molecule has 0 bridgehead atoms. The van der Waals surface area contributed by atoms with Crippen LogP contribution in [0.2, 0.25) is 0 Å². The number of hydrogen-bond donors (Lipinski definition) is 0. The second-order valence-electron chi connectivity index (χ2n) is 6.24. The molecule has 130 valence electrons. The van der Waals surface area contributed by atoms with Gasteiger partial charge in [-0.1, -0.05) is 24.3 Å². The molecule has 0 unspecified atom stereocenters. The predicted molar refractivity (Wildman–Crippen MR) is 100 cm³/mol. The Morgan fingerprint density at radius 3 is 2.77 bits per heavy atom. The number of carbonyl (C=O) groups is 1. The summed E-state index contributed by atoms with van der Waals surface area (Å²) in [6.45, 7) is 2.01. The highest BCUT2D eigenvalue weighted by Crippen LogP contribution is 2.23. The molecule has 0 saturated heterocycles. The van der Waals surface area contributed by atoms with E-state index in [1.807, 2.05) is 43.3 Å². The van der Waals surface area contributed by atoms with Crippen LogP contribution in [0, 0.1) is 6.92 Å². The van der Waals surface area contributed by atoms with E-state index >= 15 is 0 Å². The Hall–Kier alpha value is -3.41. The molecule has 6 heteroatoms. The molecule has 0 aliphatic heterocycles. The van der Waals surface area contributed by atoms with Gasteiger partial charge in [0.05, 0.1) is 11.7 Å². The number of rotatable bonds is 3. The normalized spacial score (nSPS) is 11.2. The molecular formula is C20H17N3O3. The molecule has 0 atom stereocenters. The number of likely N-dealkylation sites (N-methyl/N-ethyl adjacent to an activating group) is 1. The average Bonchev–Trinajstić information content (AvgIpc) is 3.06. The number of aromatic nitrogens is 2. The van der Waals surface area contributed by atoms with E-state index in [0.29, 0.717) is 16.5 Å². The van der Waals surface area contributed by atoms with Gasteiger partial charge >= 0.3 is 5.63 Å². The number of nitrogens with zero attached hydrogens (tertiary/aromatic N) is 3. The zero-order chi connectivity index (χ0) is 18.3. The molecule has 6 nitrogen and oxygen atoms in total. The van der Waals surface area contributed by atoms with Gasteiger partial charge in [-0.3, -0.25) is 9.48 Å². The Morgan fingerprint density at radius 2 is 1.96 bits per heavy atom. The maximum Gasteiger partial charge on any atom is 0.347 e. The molecule has 0 aliphatic rings. The fourth-order valence-corrected chi connectivity index (χ4v) is 3.06. The molecule has 2 aromatic carbocycles. The lowest BCUT2D eigenvalue weighted by atomic mass is 10.2. The number of para-hydroxylation sites is 1. The zero-order valence-corrected chi connectivity index (χ0v) is 14.5. The van der Waals surface area contributed by atoms with Gasteiger partial charge in [0, 0.05) is 18.1 Å². The van der Waals surface area contributed by atoms with E-state index in [1.54, 1.807) is 28.8 Å². The highest BCUT2D eigenvalue weighted by Gasteiger charge is 2.17. The number of aryl methyl sites for hydroxylation is 1. The Balaban J connectivity index is 1.76. The number of benzene rings is 2. The molecule has 26 heavy (non-hydrogen) atoms. The van der Waals surface area contributed by atoms with E-state index in [9.17, 15) is 9.59 Å². The van der Waals surface area contributed by atoms with Crippen molar-refractivity contribution in [3.05, 3.63) is 70.7 Å². The summed E-state index contributed by atoms with van der Waals surface area (Å²) in [6.07, 6.45) is 1.45. The summed E-state index contributed by atoms with van der Waals surface area (Å²) < 4.78 is 6.88. The monoisotopic (exact) mass is 347 g/mol. The van der Waals surface area contributed by atoms with Gasteiger partial charge in [-0.25, -0.2) is 4.79 Å². The first kappa shape index (κ1) is 16.1. The smallest absolute Gasteiger partial charge is 0.347 e. The van der Waals surface area contributed by atoms with Crippen LogP contribution >= 0.6 is 0 Å². The first-order valence-corrected chi connectivity index (χ1v) is 8.25. The van der Waals surface area contributed by atoms with Gasteiger partial charge in [-0.2, -0.15) is 5.10 Å². The number of hydrogen-bond acceptors (Lipinski definition) is 4. The zero-order valence-electron chi connectivity index (χ0n) is 14.5. The third kappa shape index (κ3) is 2.65. The molecule has 0 N–H and O–H groups in total. The Labute approximate surface area is 149 Å². The Morgan fingerprint density at radius 1 is 1.15 bits per heavy atom. The summed E-state index contributed by atoms with van der Waals surface area (Å²) in [6, 6.07) is 15.0. The van der Waals surface area contributed by atoms with Gasteiger partial charge in [-0.05, 0) is 36.8 Å². The third-order valence-electron chi connectivity index (χ3n) is 4.45. The van der Waals surface area contributed by atoms with Crippen molar-refractivity contribution in [3.63, 3.8) is 0 Å². The summed E-state index contributed by atoms with van der Waals surface area (Å²) in [5.74, 6) is -0.127. The molecule has 4 rings (SSSR count). The Bertz CT molecular complexity index is 1190. The van der Waals surface area contributed by atoms with E-state index in [2.05, 4.69) is 5.10 Å². The fraction of sp³-hybridized carbons (Fsp3) is 0.150. The second-order valence-corrected chi connectivity index (χ2v) is 6.24. The largest absolute Gasteiger partial charge is 0.422 e. The lowest BCUT2D eigenvalue weighted by Crippen LogP contribution is -2.30. The van der Waals surface area contributed by atoms with Crippen LogP contribution in [0.15, 0.2) is 63.9 Å². The fourth-order valence-electron chi connectivity index (χ4n) is 3.06. The van der Waals surface area contributed by atoms with Gasteiger partial charge in [-0.15, -0.1) is 0 Å². The van der Waals surface area contributed by atoms with E-state index in [4.69, 9.17) is 4.42 Å². The molecule has 0 saturated carbocycles. The van der Waals surface area contributed by atoms with Crippen molar-refractivity contribution >= 4 is 33.5 Å². The van der Waals surface area contributed by atoms with Crippen LogP contribution in [-0.2, 0) is 11.3 Å². The number of carbonyl (C=O) groups excluding carboxylic acids is 1. The van der Waals surface area contributed by atoms with Crippen LogP contribution in [0.3, 0.4) is 0 Å². The molecule has 0 aliphatic carbocycles. The van der Waals surface area contributed by atoms with Crippen molar-refractivity contribution in [2.24, 2.45) is 0 Å². The molecule has 0 radical (unpaired) electrons. The molecule has 2 aromatic heterocycles. The first-order chi connectivity index (χ1) is 12.5. The van der Waals surface area contributed by atoms with Crippen molar-refractivity contribution in [1.29, 1.82) is 0 Å². The maximum absolute atomic E-state index is 12.8. The maximum atomic E-state index is 12.8. The van der Waals surface area contributed by atoms with Crippen LogP contribution in [-0.4, -0.2) is 22.7 Å². The summed E-state index contributed by atoms with van der Waals surface area (Å²) in [5.41, 5.74) is 2.53. The van der Waals surface area contributed by atoms with Crippen LogP contribution in [0.4, 0.5) is 5.69 Å². The van der Waals surface area contributed by atoms with E-state index in [0.717, 1.165) is 16.6 Å². The topological polar surface area (TPSA) is 68.3 Å². The standard InChI is InChI=1S/C20H17N3O3/c1-13-6-5-7-14(10-13)22(2)18(24)12-23-19-15-8-3-4-9-17(15)26-20(25)16(19)11-21-23/h3-11H,12H2,1-2H3. The van der Waals surface area contributed by atoms with Gasteiger partial charge in [0.15, 0.2) is 0 Å². The van der Waals surface area contributed by atoms with Crippen molar-refractivity contribution < 1.29 is 9.21 Å². The Kier molecular flexibility index (Phi) is 3.80. The summed E-state index contributed by atoms with van der Waals surface area (Å²) in [4.78, 5) is 26.5. The molecule has 4 aromatic rings. The van der Waals surface area contributed by atoms with Crippen molar-refractivity contribution in [2.75, 3.05) is 11.9 Å². The van der Waals surface area contributed by atoms with Gasteiger partial charge in [0.2, 0.25) is 5.91 Å². The predicted octanol–water partition coefficient (Wildman–Crippen LogP) is 3.11. The highest BCUT2D eigenvalue weighted by atomic mass is 16.4. The number of amides is 1. The van der Waals surface area contributed by atoms with E-state index in [-0.39, 0.29) is 12.5 Å². The quantitative estimate of drug-likeness (QED) is 0.534. The summed E-state index contributed by atoms with van der Waals surface area (Å²) >= 11 is 0. The van der Waals surface area contributed by atoms with Crippen LogP contribution in [0.1, 0.15) is 5.56 Å². The minimum Gasteiger partial charge on any atom is -0.422 e. The van der Waals surface area contributed by atoms with E-state index in [1.165, 1.54) is 6.20 Å². The summed E-state index contributed by atoms with van der Waals surface area (Å²) in [5, 5.41) is 5.37. The minimum atomic E-state index is -0.454. The molecule has 0 spiro atoms. The average molecular weight is 347 g/mol. The van der Waals surface area contributed by atoms with Crippen molar-refractivity contribution in [2.45, 2.75) is 13.5 Å². The number of anilines is 1. The molecule has 2 heterocycles. The van der Waals surface area contributed by atoms with E-state index < -0.39 is 5.63 Å². The first-order valence-electron chi connectivity index (χ1n) is 8.25. The van der Waals surface area contributed by atoms with Gasteiger partial charge < -0.3 is 9.32 Å². The summed E-state index contributed by atoms with van der Waals surface area (Å²) in [7, 11) is 1.73. The van der Waals surface area contributed by atoms with Crippen LogP contribution in [0.5, 0.6) is 0 Å². The van der Waals surface area contributed by atoms with Crippen molar-refractivity contribution in [1.82, 2.24) is 9.78 Å². The second kappa shape index (κ2) is 6.15. The molecular weight excluding hydrogens is 330 g/mol. The SMILES string of the molecule is Cc1cccc(N(C)C(=O)Cn2ncc3c(=O)oc4ccccc4c32)c1. The van der Waals surface area contributed by atoms with Gasteiger partial charge in [0.25, 0.3) is 0 Å². The minimum absolute atomic E-state index is 0.0292. The van der Waals surface area contributed by atoms with Crippen LogP contribution in [0.25, 0.3) is 21.9 Å². The third-order valence-corrected chi connectivity index (χ3v) is 4.45. The molecule has 1 amide bonds. The lowest BCUT2D eigenvalue weighted by Gasteiger charge is -2.18. The number of fused-ring (bicyclic) bond motifs is 3. The van der Waals surface area contributed by atoms with Crippen molar-refractivity contribution in [3.8, 4) is 0 Å². The highest BCUT2D eigenvalue weighted by molar-refractivity contribution is 6.02. The molecule has 0 fully saturated rings. The van der Waals surface area contributed by atoms with Gasteiger partial charge in [0.1, 0.15) is 17.5 Å². The van der Waals surface area contributed by atoms with Crippen LogP contribution < -0.4 is 10.5 Å². The lowest BCUT2D eigenvalue weighted by molar-refractivity contribution is -0.119.